The van der Waals surface area contributed by atoms with E-state index >= 15 is 0 Å². The van der Waals surface area contributed by atoms with Crippen LogP contribution >= 0.6 is 0 Å². The third kappa shape index (κ3) is 6.76. The summed E-state index contributed by atoms with van der Waals surface area (Å²) in [5.41, 5.74) is 0.642. The van der Waals surface area contributed by atoms with Crippen LogP contribution in [-0.4, -0.2) is 42.5 Å². The van der Waals surface area contributed by atoms with E-state index in [2.05, 4.69) is 10.2 Å². The van der Waals surface area contributed by atoms with Crippen LogP contribution in [0.3, 0.4) is 0 Å². The predicted molar refractivity (Wildman–Crippen MR) is 115 cm³/mol. The number of nitrogens with one attached hydrogen (secondary N) is 1. The van der Waals surface area contributed by atoms with E-state index in [-0.39, 0.29) is 11.9 Å². The van der Waals surface area contributed by atoms with E-state index in [1.165, 1.54) is 32.1 Å². The number of piperidine rings is 1. The second kappa shape index (κ2) is 10.7. The first-order valence-corrected chi connectivity index (χ1v) is 11.3. The van der Waals surface area contributed by atoms with Crippen LogP contribution in [0, 0.1) is 11.8 Å². The minimum absolute atomic E-state index is 0.0639. The maximum absolute atomic E-state index is 12.7. The fourth-order valence-corrected chi connectivity index (χ4v) is 4.46. The molecule has 160 valence electrons. The SMILES string of the molecule is CC(C)NC(=O)c1ccc(OCC2CCCN(C(=O)CC3CCCCC3)C2)cc1. The summed E-state index contributed by atoms with van der Waals surface area (Å²) in [6.45, 7) is 6.21. The summed E-state index contributed by atoms with van der Waals surface area (Å²) in [7, 11) is 0. The van der Waals surface area contributed by atoms with Crippen LogP contribution in [0.15, 0.2) is 24.3 Å². The van der Waals surface area contributed by atoms with Crippen LogP contribution in [0.5, 0.6) is 5.75 Å². The van der Waals surface area contributed by atoms with Gasteiger partial charge >= 0.3 is 0 Å². The van der Waals surface area contributed by atoms with Crippen molar-refractivity contribution in [3.8, 4) is 5.75 Å². The molecule has 5 nitrogen and oxygen atoms in total. The number of hydrogen-bond acceptors (Lipinski definition) is 3. The number of hydrogen-bond donors (Lipinski definition) is 1. The molecule has 1 aromatic rings. The van der Waals surface area contributed by atoms with Gasteiger partial charge in [-0.25, -0.2) is 0 Å². The Hall–Kier alpha value is -2.04. The van der Waals surface area contributed by atoms with E-state index in [4.69, 9.17) is 4.74 Å². The molecular weight excluding hydrogens is 364 g/mol. The van der Waals surface area contributed by atoms with Gasteiger partial charge in [0.15, 0.2) is 0 Å². The minimum Gasteiger partial charge on any atom is -0.493 e. The third-order valence-electron chi connectivity index (χ3n) is 6.08. The summed E-state index contributed by atoms with van der Waals surface area (Å²) < 4.78 is 5.97. The molecule has 1 N–H and O–H groups in total. The van der Waals surface area contributed by atoms with E-state index < -0.39 is 0 Å². The maximum Gasteiger partial charge on any atom is 0.251 e. The molecule has 5 heteroatoms. The van der Waals surface area contributed by atoms with Crippen molar-refractivity contribution >= 4 is 11.8 Å². The van der Waals surface area contributed by atoms with Gasteiger partial charge in [0.2, 0.25) is 5.91 Å². The molecular formula is C24H36N2O3. The Morgan fingerprint density at radius 1 is 1.03 bits per heavy atom. The molecule has 2 aliphatic rings. The molecule has 0 bridgehead atoms. The van der Waals surface area contributed by atoms with Crippen LogP contribution < -0.4 is 10.1 Å². The fraction of sp³-hybridized carbons (Fsp3) is 0.667. The first-order chi connectivity index (χ1) is 14.0. The topological polar surface area (TPSA) is 58.6 Å². The molecule has 29 heavy (non-hydrogen) atoms. The monoisotopic (exact) mass is 400 g/mol. The summed E-state index contributed by atoms with van der Waals surface area (Å²) in [4.78, 5) is 26.8. The van der Waals surface area contributed by atoms with Crippen molar-refractivity contribution in [3.05, 3.63) is 29.8 Å². The van der Waals surface area contributed by atoms with Crippen molar-refractivity contribution in [3.63, 3.8) is 0 Å². The van der Waals surface area contributed by atoms with Crippen molar-refractivity contribution in [2.24, 2.45) is 11.8 Å². The van der Waals surface area contributed by atoms with Crippen molar-refractivity contribution < 1.29 is 14.3 Å². The Kier molecular flexibility index (Phi) is 7.96. The smallest absolute Gasteiger partial charge is 0.251 e. The zero-order valence-corrected chi connectivity index (χ0v) is 18.0. The lowest BCUT2D eigenvalue weighted by molar-refractivity contribution is -0.134. The Balaban J connectivity index is 1.44. The molecule has 1 aliphatic carbocycles. The van der Waals surface area contributed by atoms with Crippen LogP contribution in [-0.2, 0) is 4.79 Å². The van der Waals surface area contributed by atoms with Crippen LogP contribution in [0.25, 0.3) is 0 Å². The van der Waals surface area contributed by atoms with Crippen LogP contribution in [0.2, 0.25) is 0 Å². The van der Waals surface area contributed by atoms with Gasteiger partial charge in [0.25, 0.3) is 5.91 Å². The molecule has 1 aromatic carbocycles. The second-order valence-electron chi connectivity index (χ2n) is 9.02. The van der Waals surface area contributed by atoms with Crippen LogP contribution in [0.4, 0.5) is 0 Å². The highest BCUT2D eigenvalue weighted by atomic mass is 16.5. The quantitative estimate of drug-likeness (QED) is 0.737. The molecule has 0 spiro atoms. The fourth-order valence-electron chi connectivity index (χ4n) is 4.46. The van der Waals surface area contributed by atoms with Gasteiger partial charge in [-0.3, -0.25) is 9.59 Å². The molecule has 2 fully saturated rings. The Labute approximate surface area is 175 Å². The lowest BCUT2D eigenvalue weighted by atomic mass is 9.86. The van der Waals surface area contributed by atoms with Gasteiger partial charge < -0.3 is 15.0 Å². The molecule has 1 unspecified atom stereocenters. The number of benzene rings is 1. The van der Waals surface area contributed by atoms with Gasteiger partial charge in [-0.15, -0.1) is 0 Å². The zero-order valence-electron chi connectivity index (χ0n) is 18.0. The number of rotatable bonds is 7. The molecule has 0 radical (unpaired) electrons. The second-order valence-corrected chi connectivity index (χ2v) is 9.02. The van der Waals surface area contributed by atoms with Gasteiger partial charge in [0.05, 0.1) is 6.61 Å². The summed E-state index contributed by atoms with van der Waals surface area (Å²) in [5, 5.41) is 2.89. The highest BCUT2D eigenvalue weighted by Crippen LogP contribution is 2.28. The largest absolute Gasteiger partial charge is 0.493 e. The summed E-state index contributed by atoms with van der Waals surface area (Å²) in [6, 6.07) is 7.42. The first-order valence-electron chi connectivity index (χ1n) is 11.3. The molecule has 1 aliphatic heterocycles. The Morgan fingerprint density at radius 2 is 1.72 bits per heavy atom. The highest BCUT2D eigenvalue weighted by molar-refractivity contribution is 5.94. The summed E-state index contributed by atoms with van der Waals surface area (Å²) in [6.07, 6.45) is 9.22. The summed E-state index contributed by atoms with van der Waals surface area (Å²) >= 11 is 0. The molecule has 1 saturated carbocycles. The van der Waals surface area contributed by atoms with Crippen molar-refractivity contribution in [2.75, 3.05) is 19.7 Å². The highest BCUT2D eigenvalue weighted by Gasteiger charge is 2.26. The molecule has 2 amide bonds. The van der Waals surface area contributed by atoms with Crippen molar-refractivity contribution in [1.29, 1.82) is 0 Å². The van der Waals surface area contributed by atoms with Gasteiger partial charge in [-0.05, 0) is 69.7 Å². The number of carbonyl (C=O) groups excluding carboxylic acids is 2. The van der Waals surface area contributed by atoms with Gasteiger partial charge in [-0.2, -0.15) is 0 Å². The van der Waals surface area contributed by atoms with E-state index in [0.29, 0.717) is 29.9 Å². The molecule has 3 rings (SSSR count). The molecule has 1 atom stereocenters. The standard InChI is InChI=1S/C24H36N2O3/c1-18(2)25-24(28)21-10-12-22(13-11-21)29-17-20-9-6-14-26(16-20)23(27)15-19-7-4-3-5-8-19/h10-13,18-20H,3-9,14-17H2,1-2H3,(H,25,28). The van der Waals surface area contributed by atoms with E-state index in [1.54, 1.807) is 12.1 Å². The number of nitrogens with zero attached hydrogens (tertiary/aromatic N) is 1. The normalized spacial score (nSPS) is 20.5. The van der Waals surface area contributed by atoms with Crippen molar-refractivity contribution in [1.82, 2.24) is 10.2 Å². The lowest BCUT2D eigenvalue weighted by Crippen LogP contribution is -2.42. The lowest BCUT2D eigenvalue weighted by Gasteiger charge is -2.34. The molecule has 1 saturated heterocycles. The third-order valence-corrected chi connectivity index (χ3v) is 6.08. The van der Waals surface area contributed by atoms with Gasteiger partial charge in [-0.1, -0.05) is 19.3 Å². The Morgan fingerprint density at radius 3 is 2.41 bits per heavy atom. The maximum atomic E-state index is 12.7. The van der Waals surface area contributed by atoms with Gasteiger partial charge in [0, 0.05) is 37.0 Å². The Bertz CT molecular complexity index is 665. The summed E-state index contributed by atoms with van der Waals surface area (Å²) in [5.74, 6) is 2.02. The zero-order chi connectivity index (χ0) is 20.6. The van der Waals surface area contributed by atoms with Crippen molar-refractivity contribution in [2.45, 2.75) is 71.3 Å². The number of carbonyl (C=O) groups is 2. The first kappa shape index (κ1) is 21.7. The average molecular weight is 401 g/mol. The number of amides is 2. The predicted octanol–water partition coefficient (Wildman–Crippen LogP) is 4.41. The average Bonchev–Trinajstić information content (AvgIpc) is 2.73. The van der Waals surface area contributed by atoms with Gasteiger partial charge in [0.1, 0.15) is 5.75 Å². The molecule has 1 heterocycles. The minimum atomic E-state index is -0.0639. The number of ether oxygens (including phenoxy) is 1. The van der Waals surface area contributed by atoms with Crippen LogP contribution in [0.1, 0.15) is 75.6 Å². The van der Waals surface area contributed by atoms with E-state index in [1.807, 2.05) is 26.0 Å². The number of likely N-dealkylation sites (tertiary alicyclic amines) is 1. The van der Waals surface area contributed by atoms with E-state index in [9.17, 15) is 9.59 Å². The molecule has 0 aromatic heterocycles. The van der Waals surface area contributed by atoms with E-state index in [0.717, 1.165) is 38.1 Å².